The molecule has 0 radical (unpaired) electrons. The van der Waals surface area contributed by atoms with E-state index in [1.165, 1.54) is 5.56 Å². The van der Waals surface area contributed by atoms with Crippen LogP contribution in [0, 0.1) is 0 Å². The number of nitrogens with zero attached hydrogens (tertiary/aromatic N) is 1. The molecule has 0 spiro atoms. The number of para-hydroxylation sites is 1. The Morgan fingerprint density at radius 1 is 1.33 bits per heavy atom. The van der Waals surface area contributed by atoms with Crippen molar-refractivity contribution in [3.63, 3.8) is 0 Å². The number of aliphatic imine (C=N–C) groups is 1. The predicted octanol–water partition coefficient (Wildman–Crippen LogP) is 2.76. The first kappa shape index (κ1) is 12.3. The molecule has 1 aromatic carbocycles. The summed E-state index contributed by atoms with van der Waals surface area (Å²) in [5, 5.41) is 6.58. The van der Waals surface area contributed by atoms with Gasteiger partial charge in [0.15, 0.2) is 5.96 Å². The summed E-state index contributed by atoms with van der Waals surface area (Å²) in [6.07, 6.45) is 0. The molecule has 4 heteroatoms. The molecule has 82 valence electrons. The average molecular weight is 317 g/mol. The molecule has 1 unspecified atom stereocenters. The van der Waals surface area contributed by atoms with Crippen molar-refractivity contribution in [3.8, 4) is 0 Å². The fourth-order valence-electron chi connectivity index (χ4n) is 1.68. The Morgan fingerprint density at radius 2 is 2.07 bits per heavy atom. The van der Waals surface area contributed by atoms with E-state index in [2.05, 4.69) is 40.7 Å². The van der Waals surface area contributed by atoms with Crippen LogP contribution in [0.15, 0.2) is 29.3 Å². The molecule has 2 N–H and O–H groups in total. The van der Waals surface area contributed by atoms with E-state index in [4.69, 9.17) is 0 Å². The van der Waals surface area contributed by atoms with Crippen LogP contribution in [0.5, 0.6) is 0 Å². The summed E-state index contributed by atoms with van der Waals surface area (Å²) >= 11 is 0. The molecule has 1 aliphatic rings. The Balaban J connectivity index is 0.00000112. The maximum Gasteiger partial charge on any atom is 0.196 e. The van der Waals surface area contributed by atoms with Crippen LogP contribution < -0.4 is 10.6 Å². The highest BCUT2D eigenvalue weighted by Gasteiger charge is 2.17. The lowest BCUT2D eigenvalue weighted by Gasteiger charge is -2.27. The van der Waals surface area contributed by atoms with Gasteiger partial charge >= 0.3 is 0 Å². The minimum absolute atomic E-state index is 0. The van der Waals surface area contributed by atoms with Crippen LogP contribution in [-0.2, 0) is 0 Å². The summed E-state index contributed by atoms with van der Waals surface area (Å²) < 4.78 is 0. The van der Waals surface area contributed by atoms with E-state index in [9.17, 15) is 0 Å². The van der Waals surface area contributed by atoms with Gasteiger partial charge in [-0.2, -0.15) is 0 Å². The number of hydrogen-bond donors (Lipinski definition) is 2. The number of rotatable bonds is 1. The largest absolute Gasteiger partial charge is 0.350 e. The molecule has 1 heterocycles. The van der Waals surface area contributed by atoms with Crippen molar-refractivity contribution >= 4 is 35.6 Å². The van der Waals surface area contributed by atoms with E-state index in [1.807, 2.05) is 13.0 Å². The second-order valence-electron chi connectivity index (χ2n) is 3.40. The number of fused-ring (bicyclic) bond motifs is 1. The first-order chi connectivity index (χ1) is 6.81. The third-order valence-electron chi connectivity index (χ3n) is 2.35. The molecule has 1 aliphatic heterocycles. The monoisotopic (exact) mass is 317 g/mol. The average Bonchev–Trinajstić information content (AvgIpc) is 2.18. The van der Waals surface area contributed by atoms with E-state index in [1.54, 1.807) is 0 Å². The lowest BCUT2D eigenvalue weighted by molar-refractivity contribution is 0.702. The van der Waals surface area contributed by atoms with Crippen LogP contribution in [0.4, 0.5) is 5.69 Å². The predicted molar refractivity (Wildman–Crippen MR) is 75.0 cm³/mol. The number of anilines is 1. The minimum Gasteiger partial charge on any atom is -0.350 e. The number of hydrogen-bond acceptors (Lipinski definition) is 1. The zero-order valence-corrected chi connectivity index (χ0v) is 11.3. The summed E-state index contributed by atoms with van der Waals surface area (Å²) in [7, 11) is 0. The molecule has 0 amide bonds. The van der Waals surface area contributed by atoms with Crippen molar-refractivity contribution < 1.29 is 0 Å². The molecule has 0 saturated heterocycles. The zero-order valence-electron chi connectivity index (χ0n) is 8.95. The molecule has 0 bridgehead atoms. The third kappa shape index (κ3) is 2.62. The summed E-state index contributed by atoms with van der Waals surface area (Å²) in [4.78, 5) is 4.33. The van der Waals surface area contributed by atoms with Gasteiger partial charge in [0.05, 0.1) is 6.04 Å². The van der Waals surface area contributed by atoms with Crippen molar-refractivity contribution in [3.05, 3.63) is 29.8 Å². The molecule has 3 nitrogen and oxygen atoms in total. The fraction of sp³-hybridized carbons (Fsp3) is 0.364. The summed E-state index contributed by atoms with van der Waals surface area (Å²) in [5.74, 6) is 0.874. The van der Waals surface area contributed by atoms with Gasteiger partial charge in [-0.25, -0.2) is 0 Å². The Hall–Kier alpha value is -0.780. The van der Waals surface area contributed by atoms with E-state index >= 15 is 0 Å². The van der Waals surface area contributed by atoms with Crippen molar-refractivity contribution in [1.82, 2.24) is 5.32 Å². The van der Waals surface area contributed by atoms with Gasteiger partial charge in [-0.15, -0.1) is 24.0 Å². The molecule has 15 heavy (non-hydrogen) atoms. The molecular weight excluding hydrogens is 301 g/mol. The van der Waals surface area contributed by atoms with Crippen LogP contribution in [0.25, 0.3) is 0 Å². The molecule has 0 aliphatic carbocycles. The second-order valence-corrected chi connectivity index (χ2v) is 3.40. The molecule has 1 atom stereocenters. The number of benzene rings is 1. The molecule has 0 saturated carbocycles. The van der Waals surface area contributed by atoms with Gasteiger partial charge in [0.2, 0.25) is 0 Å². The third-order valence-corrected chi connectivity index (χ3v) is 2.35. The zero-order chi connectivity index (χ0) is 9.97. The maximum atomic E-state index is 4.33. The minimum atomic E-state index is 0. The van der Waals surface area contributed by atoms with Crippen molar-refractivity contribution in [2.45, 2.75) is 19.9 Å². The number of guanidine groups is 1. The number of halogens is 1. The Labute approximate surface area is 107 Å². The van der Waals surface area contributed by atoms with Crippen molar-refractivity contribution in [1.29, 1.82) is 0 Å². The quantitative estimate of drug-likeness (QED) is 0.782. The number of nitrogens with one attached hydrogen (secondary N) is 2. The van der Waals surface area contributed by atoms with Crippen LogP contribution in [0.3, 0.4) is 0 Å². The SMILES string of the molecule is CCN=C1Nc2ccccc2C(C)N1.I. The molecule has 0 fully saturated rings. The van der Waals surface area contributed by atoms with Gasteiger partial charge < -0.3 is 10.6 Å². The Bertz CT molecular complexity index is 363. The second kappa shape index (κ2) is 5.34. The van der Waals surface area contributed by atoms with E-state index < -0.39 is 0 Å². The first-order valence-corrected chi connectivity index (χ1v) is 4.98. The molecular formula is C11H16IN3. The van der Waals surface area contributed by atoms with Crippen LogP contribution in [0.2, 0.25) is 0 Å². The van der Waals surface area contributed by atoms with Gasteiger partial charge in [-0.1, -0.05) is 18.2 Å². The summed E-state index contributed by atoms with van der Waals surface area (Å²) in [6.45, 7) is 4.97. The maximum absolute atomic E-state index is 4.33. The first-order valence-electron chi connectivity index (χ1n) is 4.98. The van der Waals surface area contributed by atoms with Gasteiger partial charge in [0, 0.05) is 12.2 Å². The fourth-order valence-corrected chi connectivity index (χ4v) is 1.68. The van der Waals surface area contributed by atoms with Gasteiger partial charge in [-0.05, 0) is 25.5 Å². The normalized spacial score (nSPS) is 20.9. The van der Waals surface area contributed by atoms with Gasteiger partial charge in [0.25, 0.3) is 0 Å². The van der Waals surface area contributed by atoms with Crippen LogP contribution in [0.1, 0.15) is 25.5 Å². The van der Waals surface area contributed by atoms with E-state index in [-0.39, 0.29) is 24.0 Å². The van der Waals surface area contributed by atoms with Crippen LogP contribution >= 0.6 is 24.0 Å². The van der Waals surface area contributed by atoms with E-state index in [0.29, 0.717) is 6.04 Å². The molecule has 1 aromatic rings. The van der Waals surface area contributed by atoms with E-state index in [0.717, 1.165) is 18.2 Å². The standard InChI is InChI=1S/C11H15N3.HI/c1-3-12-11-13-8(2)9-6-4-5-7-10(9)14-11;/h4-8H,3H2,1-2H3,(H2,12,13,14);1H. The van der Waals surface area contributed by atoms with Gasteiger partial charge in [0.1, 0.15) is 0 Å². The smallest absolute Gasteiger partial charge is 0.196 e. The van der Waals surface area contributed by atoms with Crippen molar-refractivity contribution in [2.75, 3.05) is 11.9 Å². The lowest BCUT2D eigenvalue weighted by atomic mass is 10.0. The molecule has 2 rings (SSSR count). The van der Waals surface area contributed by atoms with Gasteiger partial charge in [-0.3, -0.25) is 4.99 Å². The van der Waals surface area contributed by atoms with Crippen molar-refractivity contribution in [2.24, 2.45) is 4.99 Å². The summed E-state index contributed by atoms with van der Waals surface area (Å²) in [5.41, 5.74) is 2.45. The Morgan fingerprint density at radius 3 is 2.80 bits per heavy atom. The lowest BCUT2D eigenvalue weighted by Crippen LogP contribution is -2.37. The molecule has 0 aromatic heterocycles. The highest BCUT2D eigenvalue weighted by molar-refractivity contribution is 14.0. The highest BCUT2D eigenvalue weighted by Crippen LogP contribution is 2.25. The highest BCUT2D eigenvalue weighted by atomic mass is 127. The topological polar surface area (TPSA) is 36.4 Å². The Kier molecular flexibility index (Phi) is 4.38. The van der Waals surface area contributed by atoms with Crippen LogP contribution in [-0.4, -0.2) is 12.5 Å². The summed E-state index contributed by atoms with van der Waals surface area (Å²) in [6, 6.07) is 8.63.